The van der Waals surface area contributed by atoms with Crippen LogP contribution in [0.2, 0.25) is 0 Å². The summed E-state index contributed by atoms with van der Waals surface area (Å²) in [6, 6.07) is 8.18. The van der Waals surface area contributed by atoms with Crippen molar-refractivity contribution >= 4 is 15.7 Å². The number of aryl methyl sites for hydroxylation is 1. The van der Waals surface area contributed by atoms with Gasteiger partial charge in [0, 0.05) is 0 Å². The number of rotatable bonds is 4. The van der Waals surface area contributed by atoms with Crippen LogP contribution in [0.25, 0.3) is 0 Å². The monoisotopic (exact) mass is 313 g/mol. The van der Waals surface area contributed by atoms with Gasteiger partial charge in [0.1, 0.15) is 4.90 Å². The topological polar surface area (TPSA) is 66.4 Å². The first-order chi connectivity index (χ1) is 9.85. The van der Waals surface area contributed by atoms with Crippen LogP contribution in [0, 0.1) is 18.6 Å². The number of nitrogens with one attached hydrogen (secondary N) is 1. The molecule has 0 spiro atoms. The molecule has 0 aliphatic rings. The third-order valence-electron chi connectivity index (χ3n) is 2.92. The van der Waals surface area contributed by atoms with E-state index in [0.29, 0.717) is 5.56 Å². The van der Waals surface area contributed by atoms with Crippen LogP contribution in [0.1, 0.15) is 11.1 Å². The maximum absolute atomic E-state index is 13.7. The SMILES string of the molecule is Cc1ccccc1NS(=O)(=O)c1cc(CO)cc(F)c1F. The summed E-state index contributed by atoms with van der Waals surface area (Å²) < 4.78 is 53.7. The summed E-state index contributed by atoms with van der Waals surface area (Å²) in [6.45, 7) is 1.09. The molecular weight excluding hydrogens is 300 g/mol. The molecule has 0 fully saturated rings. The van der Waals surface area contributed by atoms with Crippen molar-refractivity contribution < 1.29 is 22.3 Å². The lowest BCUT2D eigenvalue weighted by Gasteiger charge is -2.12. The minimum Gasteiger partial charge on any atom is -0.392 e. The Morgan fingerprint density at radius 2 is 1.86 bits per heavy atom. The zero-order valence-corrected chi connectivity index (χ0v) is 11.9. The van der Waals surface area contributed by atoms with E-state index in [0.717, 1.165) is 12.1 Å². The van der Waals surface area contributed by atoms with Gasteiger partial charge in [-0.2, -0.15) is 0 Å². The quantitative estimate of drug-likeness (QED) is 0.911. The Morgan fingerprint density at radius 1 is 1.19 bits per heavy atom. The molecule has 0 aliphatic heterocycles. The lowest BCUT2D eigenvalue weighted by molar-refractivity contribution is 0.280. The standard InChI is InChI=1S/C14H13F2NO3S/c1-9-4-2-3-5-12(9)17-21(19,20)13-7-10(8-18)6-11(15)14(13)16/h2-7,17-18H,8H2,1H3. The molecule has 2 aromatic rings. The molecule has 2 N–H and O–H groups in total. The van der Waals surface area contributed by atoms with E-state index in [1.807, 2.05) is 0 Å². The highest BCUT2D eigenvalue weighted by atomic mass is 32.2. The number of para-hydroxylation sites is 1. The van der Waals surface area contributed by atoms with Crippen molar-refractivity contribution in [1.29, 1.82) is 0 Å². The van der Waals surface area contributed by atoms with Crippen LogP contribution in [0.5, 0.6) is 0 Å². The first-order valence-electron chi connectivity index (χ1n) is 6.02. The summed E-state index contributed by atoms with van der Waals surface area (Å²) in [5, 5.41) is 8.97. The summed E-state index contributed by atoms with van der Waals surface area (Å²) in [4.78, 5) is -0.838. The molecule has 0 aliphatic carbocycles. The smallest absolute Gasteiger partial charge is 0.264 e. The normalized spacial score (nSPS) is 11.4. The van der Waals surface area contributed by atoms with E-state index in [1.54, 1.807) is 25.1 Å². The average Bonchev–Trinajstić information content (AvgIpc) is 2.43. The molecule has 0 unspecified atom stereocenters. The molecule has 21 heavy (non-hydrogen) atoms. The van der Waals surface area contributed by atoms with E-state index in [9.17, 15) is 17.2 Å². The van der Waals surface area contributed by atoms with E-state index in [1.165, 1.54) is 6.07 Å². The van der Waals surface area contributed by atoms with Gasteiger partial charge in [0.25, 0.3) is 10.0 Å². The highest BCUT2D eigenvalue weighted by Crippen LogP contribution is 2.24. The number of benzene rings is 2. The summed E-state index contributed by atoms with van der Waals surface area (Å²) in [5.41, 5.74) is 0.881. The maximum Gasteiger partial charge on any atom is 0.264 e. The van der Waals surface area contributed by atoms with Crippen LogP contribution in [-0.2, 0) is 16.6 Å². The zero-order chi connectivity index (χ0) is 15.6. The highest BCUT2D eigenvalue weighted by molar-refractivity contribution is 7.92. The second-order valence-electron chi connectivity index (χ2n) is 4.47. The first-order valence-corrected chi connectivity index (χ1v) is 7.50. The van der Waals surface area contributed by atoms with E-state index in [2.05, 4.69) is 4.72 Å². The van der Waals surface area contributed by atoms with Crippen LogP contribution in [-0.4, -0.2) is 13.5 Å². The summed E-state index contributed by atoms with van der Waals surface area (Å²) in [5.74, 6) is -2.81. The van der Waals surface area contributed by atoms with Crippen molar-refractivity contribution in [3.8, 4) is 0 Å². The largest absolute Gasteiger partial charge is 0.392 e. The Bertz CT molecular complexity index is 776. The molecule has 2 rings (SSSR count). The predicted molar refractivity (Wildman–Crippen MR) is 74.3 cm³/mol. The molecule has 0 bridgehead atoms. The Kier molecular flexibility index (Phi) is 4.24. The minimum absolute atomic E-state index is 0.0286. The van der Waals surface area contributed by atoms with Gasteiger partial charge in [0.2, 0.25) is 0 Å². The molecule has 0 amide bonds. The molecule has 112 valence electrons. The first kappa shape index (κ1) is 15.4. The number of aliphatic hydroxyl groups is 1. The van der Waals surface area contributed by atoms with Crippen LogP contribution in [0.3, 0.4) is 0 Å². The van der Waals surface area contributed by atoms with Gasteiger partial charge in [-0.25, -0.2) is 17.2 Å². The number of anilines is 1. The highest BCUT2D eigenvalue weighted by Gasteiger charge is 2.23. The van der Waals surface area contributed by atoms with Crippen LogP contribution < -0.4 is 4.72 Å². The lowest BCUT2D eigenvalue weighted by atomic mass is 10.2. The van der Waals surface area contributed by atoms with Gasteiger partial charge in [-0.1, -0.05) is 18.2 Å². The van der Waals surface area contributed by atoms with Crippen molar-refractivity contribution in [1.82, 2.24) is 0 Å². The Hall–Kier alpha value is -1.99. The zero-order valence-electron chi connectivity index (χ0n) is 11.1. The average molecular weight is 313 g/mol. The number of hydrogen-bond acceptors (Lipinski definition) is 3. The summed E-state index contributed by atoms with van der Waals surface area (Å²) >= 11 is 0. The molecule has 0 aromatic heterocycles. The molecule has 0 saturated heterocycles. The molecule has 0 saturated carbocycles. The van der Waals surface area contributed by atoms with Crippen molar-refractivity contribution in [3.05, 3.63) is 59.2 Å². The Balaban J connectivity index is 2.50. The van der Waals surface area contributed by atoms with Crippen molar-refractivity contribution in [2.24, 2.45) is 0 Å². The van der Waals surface area contributed by atoms with E-state index in [-0.39, 0.29) is 11.3 Å². The predicted octanol–water partition coefficient (Wildman–Crippen LogP) is 2.57. The number of halogens is 2. The Labute approximate surface area is 121 Å². The molecular formula is C14H13F2NO3S. The minimum atomic E-state index is -4.30. The lowest BCUT2D eigenvalue weighted by Crippen LogP contribution is -2.16. The van der Waals surface area contributed by atoms with Crippen LogP contribution >= 0.6 is 0 Å². The molecule has 2 aromatic carbocycles. The molecule has 0 radical (unpaired) electrons. The van der Waals surface area contributed by atoms with Gasteiger partial charge < -0.3 is 5.11 Å². The fourth-order valence-corrected chi connectivity index (χ4v) is 3.06. The van der Waals surface area contributed by atoms with Gasteiger partial charge >= 0.3 is 0 Å². The fraction of sp³-hybridized carbons (Fsp3) is 0.143. The van der Waals surface area contributed by atoms with Gasteiger partial charge in [-0.15, -0.1) is 0 Å². The van der Waals surface area contributed by atoms with Crippen molar-refractivity contribution in [3.63, 3.8) is 0 Å². The van der Waals surface area contributed by atoms with Crippen molar-refractivity contribution in [2.75, 3.05) is 4.72 Å². The van der Waals surface area contributed by atoms with Gasteiger partial charge in [-0.3, -0.25) is 4.72 Å². The molecule has 0 atom stereocenters. The maximum atomic E-state index is 13.7. The van der Waals surface area contributed by atoms with Crippen molar-refractivity contribution in [2.45, 2.75) is 18.4 Å². The van der Waals surface area contributed by atoms with E-state index >= 15 is 0 Å². The van der Waals surface area contributed by atoms with Gasteiger partial charge in [0.05, 0.1) is 12.3 Å². The summed E-state index contributed by atoms with van der Waals surface area (Å²) in [7, 11) is -4.30. The fourth-order valence-electron chi connectivity index (χ4n) is 1.79. The van der Waals surface area contributed by atoms with Gasteiger partial charge in [-0.05, 0) is 36.2 Å². The number of sulfonamides is 1. The van der Waals surface area contributed by atoms with Crippen LogP contribution in [0.4, 0.5) is 14.5 Å². The molecule has 4 nitrogen and oxygen atoms in total. The second kappa shape index (κ2) is 5.79. The van der Waals surface area contributed by atoms with E-state index < -0.39 is 33.2 Å². The van der Waals surface area contributed by atoms with E-state index in [4.69, 9.17) is 5.11 Å². The number of hydrogen-bond donors (Lipinski definition) is 2. The Morgan fingerprint density at radius 3 is 2.48 bits per heavy atom. The third kappa shape index (κ3) is 3.20. The third-order valence-corrected chi connectivity index (χ3v) is 4.28. The van der Waals surface area contributed by atoms with Crippen LogP contribution in [0.15, 0.2) is 41.3 Å². The summed E-state index contributed by atoms with van der Waals surface area (Å²) in [6.07, 6.45) is 0. The molecule has 7 heteroatoms. The number of aliphatic hydroxyl groups excluding tert-OH is 1. The second-order valence-corrected chi connectivity index (χ2v) is 6.12. The van der Waals surface area contributed by atoms with Gasteiger partial charge in [0.15, 0.2) is 11.6 Å². The molecule has 0 heterocycles.